The molecule has 2 heteroatoms. The average Bonchev–Trinajstić information content (AvgIpc) is 1.60. The van der Waals surface area contributed by atoms with Crippen LogP contribution < -0.4 is 5.73 Å². The van der Waals surface area contributed by atoms with Crippen LogP contribution in [0.4, 0.5) is 0 Å². The van der Waals surface area contributed by atoms with Crippen molar-refractivity contribution in [2.45, 2.75) is 19.4 Å². The maximum atomic E-state index is 5.82. The molecule has 48 valence electrons. The predicted octanol–water partition coefficient (Wildman–Crippen LogP) is 0.370. The maximum absolute atomic E-state index is 5.82. The summed E-state index contributed by atoms with van der Waals surface area (Å²) in [5.41, 5.74) is 5.82. The SMILES string of the molecule is CC(C)C1(N)COC1. The van der Waals surface area contributed by atoms with Gasteiger partial charge in [0.15, 0.2) is 0 Å². The molecule has 1 saturated heterocycles. The summed E-state index contributed by atoms with van der Waals surface area (Å²) in [5, 5.41) is 0. The van der Waals surface area contributed by atoms with Crippen LogP contribution in [0.1, 0.15) is 13.8 Å². The van der Waals surface area contributed by atoms with Gasteiger partial charge in [0.05, 0.1) is 18.8 Å². The predicted molar refractivity (Wildman–Crippen MR) is 32.6 cm³/mol. The Balaban J connectivity index is 2.41. The third-order valence-electron chi connectivity index (χ3n) is 1.89. The molecule has 8 heavy (non-hydrogen) atoms. The van der Waals surface area contributed by atoms with Gasteiger partial charge in [-0.05, 0) is 5.92 Å². The van der Waals surface area contributed by atoms with Crippen molar-refractivity contribution in [2.75, 3.05) is 13.2 Å². The minimum Gasteiger partial charge on any atom is -0.377 e. The summed E-state index contributed by atoms with van der Waals surface area (Å²) in [6, 6.07) is 0. The molecule has 0 aliphatic carbocycles. The fourth-order valence-electron chi connectivity index (χ4n) is 0.671. The van der Waals surface area contributed by atoms with Crippen molar-refractivity contribution in [3.05, 3.63) is 0 Å². The fraction of sp³-hybridized carbons (Fsp3) is 1.00. The van der Waals surface area contributed by atoms with Crippen molar-refractivity contribution in [2.24, 2.45) is 11.7 Å². The van der Waals surface area contributed by atoms with Gasteiger partial charge in [-0.15, -0.1) is 0 Å². The standard InChI is InChI=1S/C6H13NO/c1-5(2)6(7)3-8-4-6/h5H,3-4,7H2,1-2H3. The molecular weight excluding hydrogens is 102 g/mol. The van der Waals surface area contributed by atoms with Crippen molar-refractivity contribution < 1.29 is 4.74 Å². The third-order valence-corrected chi connectivity index (χ3v) is 1.89. The van der Waals surface area contributed by atoms with Crippen LogP contribution in [0.2, 0.25) is 0 Å². The van der Waals surface area contributed by atoms with Crippen LogP contribution in [-0.2, 0) is 4.74 Å². The van der Waals surface area contributed by atoms with E-state index in [1.807, 2.05) is 0 Å². The first kappa shape index (κ1) is 6.05. The van der Waals surface area contributed by atoms with Crippen molar-refractivity contribution in [1.29, 1.82) is 0 Å². The van der Waals surface area contributed by atoms with Crippen molar-refractivity contribution >= 4 is 0 Å². The molecule has 1 aliphatic rings. The van der Waals surface area contributed by atoms with E-state index >= 15 is 0 Å². The van der Waals surface area contributed by atoms with Crippen molar-refractivity contribution in [1.82, 2.24) is 0 Å². The molecule has 0 amide bonds. The van der Waals surface area contributed by atoms with E-state index in [0.717, 1.165) is 13.2 Å². The number of nitrogens with two attached hydrogens (primary N) is 1. The molecule has 0 aromatic heterocycles. The first-order valence-corrected chi connectivity index (χ1v) is 3.02. The molecule has 1 aliphatic heterocycles. The second-order valence-corrected chi connectivity index (χ2v) is 2.88. The van der Waals surface area contributed by atoms with E-state index in [2.05, 4.69) is 13.8 Å². The minimum atomic E-state index is 0. The lowest BCUT2D eigenvalue weighted by Gasteiger charge is -2.41. The van der Waals surface area contributed by atoms with Crippen molar-refractivity contribution in [3.8, 4) is 0 Å². The molecular formula is C6H13NO. The lowest BCUT2D eigenvalue weighted by Crippen LogP contribution is -2.60. The summed E-state index contributed by atoms with van der Waals surface area (Å²) in [7, 11) is 0. The van der Waals surface area contributed by atoms with Crippen molar-refractivity contribution in [3.63, 3.8) is 0 Å². The molecule has 0 unspecified atom stereocenters. The summed E-state index contributed by atoms with van der Waals surface area (Å²) >= 11 is 0. The Hall–Kier alpha value is -0.0800. The number of hydrogen-bond donors (Lipinski definition) is 1. The molecule has 0 atom stereocenters. The van der Waals surface area contributed by atoms with E-state index in [1.54, 1.807) is 0 Å². The maximum Gasteiger partial charge on any atom is 0.0672 e. The molecule has 0 bridgehead atoms. The van der Waals surface area contributed by atoms with Gasteiger partial charge in [0.25, 0.3) is 0 Å². The van der Waals surface area contributed by atoms with E-state index < -0.39 is 0 Å². The number of rotatable bonds is 1. The molecule has 0 spiro atoms. The van der Waals surface area contributed by atoms with Gasteiger partial charge in [0, 0.05) is 0 Å². The van der Waals surface area contributed by atoms with E-state index in [4.69, 9.17) is 10.5 Å². The fourth-order valence-corrected chi connectivity index (χ4v) is 0.671. The molecule has 0 saturated carbocycles. The van der Waals surface area contributed by atoms with Crippen LogP contribution in [0, 0.1) is 5.92 Å². The average molecular weight is 115 g/mol. The van der Waals surface area contributed by atoms with Gasteiger partial charge in [-0.25, -0.2) is 0 Å². The Labute approximate surface area is 50.0 Å². The highest BCUT2D eigenvalue weighted by Crippen LogP contribution is 2.21. The minimum absolute atomic E-state index is 0. The molecule has 0 aromatic carbocycles. The summed E-state index contributed by atoms with van der Waals surface area (Å²) < 4.78 is 4.97. The van der Waals surface area contributed by atoms with Gasteiger partial charge < -0.3 is 10.5 Å². The zero-order valence-electron chi connectivity index (χ0n) is 5.48. The second kappa shape index (κ2) is 1.71. The number of hydrogen-bond acceptors (Lipinski definition) is 2. The second-order valence-electron chi connectivity index (χ2n) is 2.88. The topological polar surface area (TPSA) is 35.2 Å². The first-order valence-electron chi connectivity index (χ1n) is 3.02. The molecule has 0 radical (unpaired) electrons. The van der Waals surface area contributed by atoms with Crippen LogP contribution in [0.15, 0.2) is 0 Å². The van der Waals surface area contributed by atoms with Gasteiger partial charge in [0.1, 0.15) is 0 Å². The zero-order valence-corrected chi connectivity index (χ0v) is 5.48. The molecule has 2 nitrogen and oxygen atoms in total. The normalized spacial score (nSPS) is 25.5. The lowest BCUT2D eigenvalue weighted by molar-refractivity contribution is -0.0759. The molecule has 1 rings (SSSR count). The Bertz CT molecular complexity index is 86.5. The van der Waals surface area contributed by atoms with E-state index in [0.29, 0.717) is 5.92 Å². The summed E-state index contributed by atoms with van der Waals surface area (Å²) in [6.07, 6.45) is 0. The van der Waals surface area contributed by atoms with Crippen LogP contribution in [0.25, 0.3) is 0 Å². The lowest BCUT2D eigenvalue weighted by atomic mass is 9.86. The van der Waals surface area contributed by atoms with E-state index in [1.165, 1.54) is 0 Å². The summed E-state index contributed by atoms with van der Waals surface area (Å²) in [4.78, 5) is 0. The largest absolute Gasteiger partial charge is 0.377 e. The van der Waals surface area contributed by atoms with Crippen LogP contribution in [-0.4, -0.2) is 18.8 Å². The van der Waals surface area contributed by atoms with Gasteiger partial charge in [0.2, 0.25) is 0 Å². The Kier molecular flexibility index (Phi) is 1.29. The zero-order chi connectivity index (χ0) is 6.20. The Morgan fingerprint density at radius 3 is 2.00 bits per heavy atom. The van der Waals surface area contributed by atoms with Crippen LogP contribution in [0.3, 0.4) is 0 Å². The summed E-state index contributed by atoms with van der Waals surface area (Å²) in [5.74, 6) is 0.552. The summed E-state index contributed by atoms with van der Waals surface area (Å²) in [6.45, 7) is 5.74. The van der Waals surface area contributed by atoms with Crippen LogP contribution >= 0.6 is 0 Å². The smallest absolute Gasteiger partial charge is 0.0672 e. The van der Waals surface area contributed by atoms with Gasteiger partial charge in [-0.2, -0.15) is 0 Å². The quantitative estimate of drug-likeness (QED) is 0.536. The van der Waals surface area contributed by atoms with E-state index in [-0.39, 0.29) is 5.54 Å². The van der Waals surface area contributed by atoms with Gasteiger partial charge in [-0.1, -0.05) is 13.8 Å². The molecule has 1 fully saturated rings. The highest BCUT2D eigenvalue weighted by atomic mass is 16.5. The molecule has 0 aromatic rings. The monoisotopic (exact) mass is 115 g/mol. The first-order chi connectivity index (χ1) is 3.65. The van der Waals surface area contributed by atoms with Crippen LogP contribution in [0.5, 0.6) is 0 Å². The molecule has 1 heterocycles. The Morgan fingerprint density at radius 2 is 2.00 bits per heavy atom. The van der Waals surface area contributed by atoms with Gasteiger partial charge >= 0.3 is 0 Å². The highest BCUT2D eigenvalue weighted by molar-refractivity contribution is 4.93. The Morgan fingerprint density at radius 1 is 1.50 bits per heavy atom. The third kappa shape index (κ3) is 0.740. The highest BCUT2D eigenvalue weighted by Gasteiger charge is 2.36. The number of ether oxygens (including phenoxy) is 1. The molecule has 2 N–H and O–H groups in total. The van der Waals surface area contributed by atoms with Gasteiger partial charge in [-0.3, -0.25) is 0 Å². The van der Waals surface area contributed by atoms with E-state index in [9.17, 15) is 0 Å².